The fourth-order valence-corrected chi connectivity index (χ4v) is 12.6. The standard InChI is InChI=1S/C64H92N10O11S2/c1-9-44(5)64(41-75,71-59(80)51-26-19-21-33-72(51)6)40-73(7)52(42(2)3)37-53(85-8)60-70-50(39-86-60)58(79)68-47(35-43(4)62(82)83)36-45-28-30-46(31-29-45)67-57(78)49(25-22-32-66-63(65)84)69-55(76)27-18-15-20-34-74-56(77)38-54(61(74)81)87-48-23-16-13-11-10-12-14-17-24-48/h10-14,16-17,23-24,28-31,38-39,41-44,47,49,51-53,77,81H,9,15,18-22,25-27,32-37,40H2,1-8H3,(H,67,78)(H,68,79)(H,69,76)(H,71,80)(H,82,83)(H3,65,66,84). The number of primary amides is 1. The molecule has 8 unspecified atom stereocenters. The molecule has 2 aromatic carbocycles. The highest BCUT2D eigenvalue weighted by atomic mass is 32.2. The number of carbonyl (C=O) groups is 7. The second-order valence-electron chi connectivity index (χ2n) is 23.1. The van der Waals surface area contributed by atoms with Crippen molar-refractivity contribution in [2.75, 3.05) is 46.2 Å². The number of aliphatic carboxylic acids is 1. The van der Waals surface area contributed by atoms with Crippen LogP contribution < -0.4 is 32.3 Å². The van der Waals surface area contributed by atoms with Crippen molar-refractivity contribution in [2.24, 2.45) is 23.5 Å². The number of thiazole rings is 1. The number of rotatable bonds is 35. The molecular weight excluding hydrogens is 1150 g/mol. The zero-order chi connectivity index (χ0) is 63.6. The summed E-state index contributed by atoms with van der Waals surface area (Å²) >= 11 is 2.60. The highest BCUT2D eigenvalue weighted by Crippen LogP contribution is 2.39. The van der Waals surface area contributed by atoms with E-state index in [2.05, 4.69) is 50.2 Å². The smallest absolute Gasteiger partial charge is 0.312 e. The first kappa shape index (κ1) is 70.7. The van der Waals surface area contributed by atoms with Crippen LogP contribution in [-0.2, 0) is 41.7 Å². The van der Waals surface area contributed by atoms with Crippen LogP contribution in [-0.4, -0.2) is 147 Å². The van der Waals surface area contributed by atoms with Crippen LogP contribution in [0.25, 0.3) is 0 Å². The third-order valence-corrected chi connectivity index (χ3v) is 18.1. The third-order valence-electron chi connectivity index (χ3n) is 16.2. The number of likely N-dealkylation sites (N-methyl/N-ethyl adjacent to an activating group) is 2. The number of aromatic hydroxyl groups is 2. The predicted octanol–water partition coefficient (Wildman–Crippen LogP) is 8.83. The maximum Gasteiger partial charge on any atom is 0.312 e. The lowest BCUT2D eigenvalue weighted by Gasteiger charge is -2.43. The van der Waals surface area contributed by atoms with Gasteiger partial charge in [0.1, 0.15) is 34.7 Å². The maximum atomic E-state index is 14.0. The van der Waals surface area contributed by atoms with Crippen molar-refractivity contribution in [3.05, 3.63) is 107 Å². The Balaban J connectivity index is 1.18. The number of nitrogens with one attached hydrogen (secondary N) is 5. The second-order valence-corrected chi connectivity index (χ2v) is 25.1. The number of hydrogen-bond acceptors (Lipinski definition) is 15. The molecule has 8 atom stereocenters. The number of carbonyl (C=O) groups excluding carboxylic acids is 6. The number of carboxylic acids is 1. The maximum absolute atomic E-state index is 14.0. The molecule has 0 spiro atoms. The summed E-state index contributed by atoms with van der Waals surface area (Å²) in [6.07, 6.45) is 6.84. The van der Waals surface area contributed by atoms with Crippen molar-refractivity contribution in [1.82, 2.24) is 40.6 Å². The number of amides is 6. The lowest BCUT2D eigenvalue weighted by Crippen LogP contribution is -2.64. The molecule has 0 radical (unpaired) electrons. The Morgan fingerprint density at radius 2 is 1.62 bits per heavy atom. The van der Waals surface area contributed by atoms with E-state index in [-0.39, 0.29) is 92.0 Å². The summed E-state index contributed by atoms with van der Waals surface area (Å²) in [5, 5.41) is 48.2. The van der Waals surface area contributed by atoms with Gasteiger partial charge in [0.15, 0.2) is 5.88 Å². The van der Waals surface area contributed by atoms with Gasteiger partial charge in [-0.2, -0.15) is 0 Å². The molecule has 476 valence electrons. The number of hydrogen-bond donors (Lipinski definition) is 9. The number of anilines is 1. The minimum atomic E-state index is -1.13. The molecule has 1 fully saturated rings. The molecular formula is C64H92N10O11S2. The topological polar surface area (TPSA) is 300 Å². The van der Waals surface area contributed by atoms with Crippen LogP contribution in [0.1, 0.15) is 139 Å². The number of aldehydes is 1. The van der Waals surface area contributed by atoms with Crippen molar-refractivity contribution in [1.29, 1.82) is 0 Å². The van der Waals surface area contributed by atoms with Gasteiger partial charge in [-0.25, -0.2) is 9.78 Å². The number of aromatic nitrogens is 2. The highest BCUT2D eigenvalue weighted by molar-refractivity contribution is 7.99. The molecule has 4 aromatic rings. The number of nitrogens with two attached hydrogens (primary N) is 1. The number of urea groups is 1. The molecule has 87 heavy (non-hydrogen) atoms. The molecule has 1 saturated heterocycles. The zero-order valence-electron chi connectivity index (χ0n) is 51.7. The van der Waals surface area contributed by atoms with Crippen molar-refractivity contribution >= 4 is 70.7 Å². The summed E-state index contributed by atoms with van der Waals surface area (Å²) in [6, 6.07) is 22.8. The molecule has 0 bridgehead atoms. The first-order valence-corrected chi connectivity index (χ1v) is 31.9. The first-order chi connectivity index (χ1) is 41.6. The predicted molar refractivity (Wildman–Crippen MR) is 339 cm³/mol. The van der Waals surface area contributed by atoms with Gasteiger partial charge in [-0.3, -0.25) is 33.4 Å². The Morgan fingerprint density at radius 1 is 0.931 bits per heavy atom. The van der Waals surface area contributed by atoms with Crippen molar-refractivity contribution in [3.8, 4) is 11.8 Å². The molecule has 6 amide bonds. The van der Waals surface area contributed by atoms with Gasteiger partial charge < -0.3 is 62.1 Å². The monoisotopic (exact) mass is 1240 g/mol. The van der Waals surface area contributed by atoms with E-state index in [1.54, 1.807) is 43.7 Å². The molecule has 5 rings (SSSR count). The Kier molecular flexibility index (Phi) is 29.0. The summed E-state index contributed by atoms with van der Waals surface area (Å²) in [6.45, 7) is 11.4. The third kappa shape index (κ3) is 22.3. The largest absolute Gasteiger partial charge is 0.494 e. The van der Waals surface area contributed by atoms with Crippen molar-refractivity contribution in [2.45, 2.75) is 170 Å². The van der Waals surface area contributed by atoms with E-state index in [0.717, 1.165) is 42.6 Å². The van der Waals surface area contributed by atoms with Crippen LogP contribution in [0.2, 0.25) is 0 Å². The van der Waals surface area contributed by atoms with Gasteiger partial charge in [0.05, 0.1) is 16.9 Å². The first-order valence-electron chi connectivity index (χ1n) is 30.2. The Hall–Kier alpha value is -7.05. The summed E-state index contributed by atoms with van der Waals surface area (Å²) in [4.78, 5) is 102. The Bertz CT molecular complexity index is 2920. The van der Waals surface area contributed by atoms with Crippen molar-refractivity contribution < 1.29 is 53.6 Å². The van der Waals surface area contributed by atoms with Gasteiger partial charge in [-0.15, -0.1) is 11.3 Å². The lowest BCUT2D eigenvalue weighted by atomic mass is 9.82. The normalized spacial score (nSPS) is 16.2. The zero-order valence-corrected chi connectivity index (χ0v) is 53.3. The second kappa shape index (κ2) is 35.7. The van der Waals surface area contributed by atoms with Gasteiger partial charge in [-0.1, -0.05) is 120 Å². The van der Waals surface area contributed by atoms with Crippen LogP contribution in [0.3, 0.4) is 0 Å². The molecule has 10 N–H and O–H groups in total. The number of unbranched alkanes of at least 4 members (excludes halogenated alkanes) is 2. The van der Waals surface area contributed by atoms with Gasteiger partial charge in [0.2, 0.25) is 23.6 Å². The van der Waals surface area contributed by atoms with Gasteiger partial charge in [0.25, 0.3) is 5.91 Å². The highest BCUT2D eigenvalue weighted by Gasteiger charge is 2.42. The van der Waals surface area contributed by atoms with Gasteiger partial charge in [0, 0.05) is 67.3 Å². The van der Waals surface area contributed by atoms with Crippen LogP contribution in [0.4, 0.5) is 10.5 Å². The summed E-state index contributed by atoms with van der Waals surface area (Å²) in [7, 11) is 5.49. The van der Waals surface area contributed by atoms with Crippen LogP contribution in [0.5, 0.6) is 11.8 Å². The number of ether oxygens (including phenoxy) is 1. The van der Waals surface area contributed by atoms with E-state index < -0.39 is 53.5 Å². The molecule has 1 aliphatic rings. The minimum Gasteiger partial charge on any atom is -0.494 e. The molecule has 2 aromatic heterocycles. The lowest BCUT2D eigenvalue weighted by molar-refractivity contribution is -0.141. The quantitative estimate of drug-likeness (QED) is 0.0154. The molecule has 3 heterocycles. The molecule has 0 saturated carbocycles. The van der Waals surface area contributed by atoms with Gasteiger partial charge >= 0.3 is 12.0 Å². The van der Waals surface area contributed by atoms with Gasteiger partial charge in [-0.05, 0) is 120 Å². The van der Waals surface area contributed by atoms with Crippen molar-refractivity contribution in [3.63, 3.8) is 0 Å². The summed E-state index contributed by atoms with van der Waals surface area (Å²) in [5.74, 6) is -3.49. The van der Waals surface area contributed by atoms with Crippen LogP contribution >= 0.6 is 23.1 Å². The average molecular weight is 1240 g/mol. The minimum absolute atomic E-state index is 0.0593. The molecule has 0 aliphatic carbocycles. The number of benzene rings is 1. The number of likely N-dealkylation sites (tertiary alicyclic amines) is 1. The Morgan fingerprint density at radius 3 is 2.24 bits per heavy atom. The molecule has 23 heteroatoms. The fourth-order valence-electron chi connectivity index (χ4n) is 10.8. The molecule has 21 nitrogen and oxygen atoms in total. The van der Waals surface area contributed by atoms with E-state index in [4.69, 9.17) is 15.5 Å². The van der Waals surface area contributed by atoms with E-state index in [0.29, 0.717) is 60.7 Å². The van der Waals surface area contributed by atoms with E-state index in [9.17, 15) is 48.9 Å². The number of nitrogens with zero attached hydrogens (tertiary/aromatic N) is 4. The number of piperidine rings is 1. The number of methoxy groups -OCH3 is 1. The Labute approximate surface area is 520 Å². The van der Waals surface area contributed by atoms with Crippen LogP contribution in [0, 0.1) is 17.8 Å². The van der Waals surface area contributed by atoms with Crippen LogP contribution in [0.15, 0.2) is 100 Å². The fraction of sp³-hybridized carbons (Fsp3) is 0.531. The van der Waals surface area contributed by atoms with E-state index in [1.807, 2.05) is 82.5 Å². The average Bonchev–Trinajstić information content (AvgIpc) is 2.22. The number of carboxylic acid groups (broad SMARTS) is 1. The SMILES string of the molecule is CCC(C)C(C=O)(CN(C)C(CC(OC)c1nc(C(=O)NC(Cc2ccc(NC(=O)C(CCCNC(N)=O)NC(=O)CCCCCn3c(O)cc(Sc4ccccccccc4)c3O)cc2)CC(C)C(=O)O)cs1)C(C)C)NC(=O)C1CCCCN1C. The summed E-state index contributed by atoms with van der Waals surface area (Å²) < 4.78 is 7.46. The summed E-state index contributed by atoms with van der Waals surface area (Å²) in [5.41, 5.74) is 5.44. The molecule has 1 aliphatic heterocycles. The van der Waals surface area contributed by atoms with E-state index >= 15 is 0 Å². The van der Waals surface area contributed by atoms with E-state index in [1.165, 1.54) is 33.7 Å².